The van der Waals surface area contributed by atoms with Crippen LogP contribution in [-0.4, -0.2) is 48.8 Å². The zero-order valence-electron chi connectivity index (χ0n) is 12.4. The van der Waals surface area contributed by atoms with E-state index in [1.165, 1.54) is 0 Å². The van der Waals surface area contributed by atoms with E-state index in [9.17, 15) is 0 Å². The molecule has 0 aromatic carbocycles. The van der Waals surface area contributed by atoms with E-state index in [1.807, 2.05) is 0 Å². The van der Waals surface area contributed by atoms with Crippen LogP contribution in [0.5, 0.6) is 0 Å². The normalized spacial score (nSPS) is 28.9. The van der Waals surface area contributed by atoms with Crippen LogP contribution in [0.4, 0.5) is 0 Å². The second-order valence-corrected chi connectivity index (χ2v) is 6.06. The predicted molar refractivity (Wildman–Crippen MR) is 73.3 cm³/mol. The molecule has 1 heterocycles. The second kappa shape index (κ2) is 6.72. The largest absolute Gasteiger partial charge is 0.376 e. The number of ether oxygens (including phenoxy) is 1. The summed E-state index contributed by atoms with van der Waals surface area (Å²) in [4.78, 5) is 2.62. The van der Waals surface area contributed by atoms with Crippen molar-refractivity contribution in [3.8, 4) is 0 Å². The number of hydrogen-bond donors (Lipinski definition) is 1. The fourth-order valence-electron chi connectivity index (χ4n) is 2.48. The van der Waals surface area contributed by atoms with Crippen LogP contribution >= 0.6 is 0 Å². The minimum atomic E-state index is 0.367. The Bertz CT molecular complexity index is 218. The number of morpholine rings is 1. The molecule has 0 aromatic heterocycles. The van der Waals surface area contributed by atoms with Gasteiger partial charge in [0.2, 0.25) is 0 Å². The Hall–Kier alpha value is -0.120. The Labute approximate surface area is 107 Å². The van der Waals surface area contributed by atoms with Gasteiger partial charge in [-0.15, -0.1) is 0 Å². The van der Waals surface area contributed by atoms with Gasteiger partial charge in [0, 0.05) is 31.2 Å². The smallest absolute Gasteiger partial charge is 0.0674 e. The lowest BCUT2D eigenvalue weighted by Gasteiger charge is -2.44. The zero-order chi connectivity index (χ0) is 13.0. The molecule has 102 valence electrons. The molecule has 3 unspecified atom stereocenters. The summed E-state index contributed by atoms with van der Waals surface area (Å²) in [5.41, 5.74) is 0. The summed E-state index contributed by atoms with van der Waals surface area (Å²) < 4.78 is 5.71. The van der Waals surface area contributed by atoms with E-state index in [1.54, 1.807) is 0 Å². The topological polar surface area (TPSA) is 24.5 Å². The Morgan fingerprint density at radius 3 is 2.41 bits per heavy atom. The van der Waals surface area contributed by atoms with Gasteiger partial charge < -0.3 is 10.1 Å². The summed E-state index contributed by atoms with van der Waals surface area (Å²) in [6, 6.07) is 1.70. The SMILES string of the molecule is CC(C)NCC(C(C)C)N1CC(C)OCC1C. The molecule has 1 fully saturated rings. The van der Waals surface area contributed by atoms with Gasteiger partial charge in [0.05, 0.1) is 12.7 Å². The first-order valence-corrected chi connectivity index (χ1v) is 7.02. The summed E-state index contributed by atoms with van der Waals surface area (Å²) in [6.07, 6.45) is 0.367. The highest BCUT2D eigenvalue weighted by Gasteiger charge is 2.31. The molecule has 0 aliphatic carbocycles. The van der Waals surface area contributed by atoms with Crippen LogP contribution in [0, 0.1) is 5.92 Å². The summed E-state index contributed by atoms with van der Waals surface area (Å²) in [5, 5.41) is 3.58. The van der Waals surface area contributed by atoms with Crippen molar-refractivity contribution in [1.29, 1.82) is 0 Å². The van der Waals surface area contributed by atoms with E-state index in [-0.39, 0.29) is 0 Å². The Balaban J connectivity index is 2.61. The van der Waals surface area contributed by atoms with Gasteiger partial charge in [-0.3, -0.25) is 4.90 Å². The number of rotatable bonds is 5. The van der Waals surface area contributed by atoms with E-state index in [0.29, 0.717) is 30.1 Å². The lowest BCUT2D eigenvalue weighted by molar-refractivity contribution is -0.0726. The van der Waals surface area contributed by atoms with Crippen molar-refractivity contribution in [3.63, 3.8) is 0 Å². The molecule has 1 N–H and O–H groups in total. The molecule has 3 atom stereocenters. The van der Waals surface area contributed by atoms with Gasteiger partial charge >= 0.3 is 0 Å². The lowest BCUT2D eigenvalue weighted by atomic mass is 9.99. The molecule has 17 heavy (non-hydrogen) atoms. The highest BCUT2D eigenvalue weighted by atomic mass is 16.5. The van der Waals surface area contributed by atoms with Gasteiger partial charge in [0.25, 0.3) is 0 Å². The third kappa shape index (κ3) is 4.57. The Morgan fingerprint density at radius 2 is 1.88 bits per heavy atom. The van der Waals surface area contributed by atoms with E-state index < -0.39 is 0 Å². The molecular formula is C14H30N2O. The molecule has 0 spiro atoms. The fourth-order valence-corrected chi connectivity index (χ4v) is 2.48. The average molecular weight is 242 g/mol. The molecule has 1 rings (SSSR count). The van der Waals surface area contributed by atoms with Gasteiger partial charge in [-0.25, -0.2) is 0 Å². The van der Waals surface area contributed by atoms with Crippen molar-refractivity contribution in [3.05, 3.63) is 0 Å². The maximum Gasteiger partial charge on any atom is 0.0674 e. The number of nitrogens with one attached hydrogen (secondary N) is 1. The van der Waals surface area contributed by atoms with Crippen LogP contribution in [0.25, 0.3) is 0 Å². The first-order chi connectivity index (χ1) is 7.91. The molecule has 1 aliphatic heterocycles. The lowest BCUT2D eigenvalue weighted by Crippen LogP contribution is -2.57. The van der Waals surface area contributed by atoms with E-state index in [4.69, 9.17) is 4.74 Å². The van der Waals surface area contributed by atoms with Crippen LogP contribution in [0.3, 0.4) is 0 Å². The maximum absolute atomic E-state index is 5.71. The predicted octanol–water partition coefficient (Wildman–Crippen LogP) is 2.12. The monoisotopic (exact) mass is 242 g/mol. The minimum Gasteiger partial charge on any atom is -0.376 e. The molecule has 3 nitrogen and oxygen atoms in total. The van der Waals surface area contributed by atoms with Gasteiger partial charge in [-0.05, 0) is 19.8 Å². The molecule has 0 aromatic rings. The molecule has 3 heteroatoms. The molecule has 1 aliphatic rings. The number of hydrogen-bond acceptors (Lipinski definition) is 3. The number of nitrogens with zero attached hydrogens (tertiary/aromatic N) is 1. The fraction of sp³-hybridized carbons (Fsp3) is 1.00. The zero-order valence-corrected chi connectivity index (χ0v) is 12.4. The van der Waals surface area contributed by atoms with Crippen molar-refractivity contribution in [2.24, 2.45) is 5.92 Å². The van der Waals surface area contributed by atoms with Crippen LogP contribution in [-0.2, 0) is 4.74 Å². The van der Waals surface area contributed by atoms with Crippen LogP contribution < -0.4 is 5.32 Å². The van der Waals surface area contributed by atoms with Crippen LogP contribution in [0.2, 0.25) is 0 Å². The van der Waals surface area contributed by atoms with E-state index >= 15 is 0 Å². The third-order valence-corrected chi connectivity index (χ3v) is 3.59. The molecule has 0 saturated carbocycles. The van der Waals surface area contributed by atoms with Crippen molar-refractivity contribution >= 4 is 0 Å². The second-order valence-electron chi connectivity index (χ2n) is 6.06. The quantitative estimate of drug-likeness (QED) is 0.799. The first-order valence-electron chi connectivity index (χ1n) is 7.02. The standard InChI is InChI=1S/C14H30N2O/c1-10(2)14(7-15-11(3)4)16-8-13(6)17-9-12(16)5/h10-15H,7-9H2,1-6H3. The van der Waals surface area contributed by atoms with Gasteiger partial charge in [0.1, 0.15) is 0 Å². The van der Waals surface area contributed by atoms with Crippen molar-refractivity contribution in [2.75, 3.05) is 19.7 Å². The summed E-state index contributed by atoms with van der Waals surface area (Å²) in [7, 11) is 0. The highest BCUT2D eigenvalue weighted by molar-refractivity contribution is 4.85. The van der Waals surface area contributed by atoms with E-state index in [0.717, 1.165) is 19.7 Å². The molecule has 0 bridgehead atoms. The van der Waals surface area contributed by atoms with Gasteiger partial charge in [0.15, 0.2) is 0 Å². The van der Waals surface area contributed by atoms with Crippen molar-refractivity contribution in [1.82, 2.24) is 10.2 Å². The van der Waals surface area contributed by atoms with Crippen LogP contribution in [0.15, 0.2) is 0 Å². The summed E-state index contributed by atoms with van der Waals surface area (Å²) in [5.74, 6) is 0.675. The molecule has 1 saturated heterocycles. The van der Waals surface area contributed by atoms with Gasteiger partial charge in [-0.1, -0.05) is 27.7 Å². The Morgan fingerprint density at radius 1 is 1.24 bits per heavy atom. The van der Waals surface area contributed by atoms with Gasteiger partial charge in [-0.2, -0.15) is 0 Å². The molecular weight excluding hydrogens is 212 g/mol. The Kier molecular flexibility index (Phi) is 5.90. The first kappa shape index (κ1) is 14.9. The van der Waals surface area contributed by atoms with Crippen LogP contribution in [0.1, 0.15) is 41.5 Å². The molecule has 0 amide bonds. The summed E-state index contributed by atoms with van der Waals surface area (Å²) >= 11 is 0. The van der Waals surface area contributed by atoms with Crippen molar-refractivity contribution in [2.45, 2.75) is 65.8 Å². The maximum atomic E-state index is 5.71. The summed E-state index contributed by atoms with van der Waals surface area (Å²) in [6.45, 7) is 16.5. The third-order valence-electron chi connectivity index (χ3n) is 3.59. The van der Waals surface area contributed by atoms with Crippen molar-refractivity contribution < 1.29 is 4.74 Å². The van der Waals surface area contributed by atoms with E-state index in [2.05, 4.69) is 51.8 Å². The average Bonchev–Trinajstić information content (AvgIpc) is 2.22. The highest BCUT2D eigenvalue weighted by Crippen LogP contribution is 2.19. The minimum absolute atomic E-state index is 0.367. The molecule has 0 radical (unpaired) electrons.